The van der Waals surface area contributed by atoms with Crippen molar-refractivity contribution in [2.45, 2.75) is 27.0 Å². The molecule has 2 aromatic heterocycles. The molecule has 0 atom stereocenters. The second kappa shape index (κ2) is 8.68. The van der Waals surface area contributed by atoms with Gasteiger partial charge in [0.15, 0.2) is 0 Å². The van der Waals surface area contributed by atoms with Gasteiger partial charge in [0.05, 0.1) is 17.2 Å². The molecule has 0 N–H and O–H groups in total. The molecule has 2 heterocycles. The van der Waals surface area contributed by atoms with Crippen LogP contribution in [0.2, 0.25) is 0 Å². The molecule has 0 fully saturated rings. The van der Waals surface area contributed by atoms with Gasteiger partial charge in [-0.15, -0.1) is 11.3 Å². The number of rotatable bonds is 7. The summed E-state index contributed by atoms with van der Waals surface area (Å²) in [7, 11) is 1.75. The Bertz CT molecular complexity index is 942. The highest BCUT2D eigenvalue weighted by atomic mass is 32.1. The number of likely N-dealkylation sites (N-methyl/N-ethyl adjacent to an activating group) is 1. The van der Waals surface area contributed by atoms with E-state index in [9.17, 15) is 4.79 Å². The van der Waals surface area contributed by atoms with Crippen molar-refractivity contribution in [2.24, 2.45) is 0 Å². The number of benzene rings is 1. The van der Waals surface area contributed by atoms with Gasteiger partial charge < -0.3 is 14.1 Å². The number of furan rings is 1. The minimum atomic E-state index is -0.0895. The smallest absolute Gasteiger partial charge is 0.246 e. The fraction of sp³-hybridized carbons (Fsp3) is 0.238. The van der Waals surface area contributed by atoms with Crippen LogP contribution in [-0.4, -0.2) is 22.8 Å². The van der Waals surface area contributed by atoms with Crippen LogP contribution in [0, 0.1) is 13.8 Å². The van der Waals surface area contributed by atoms with Gasteiger partial charge in [-0.3, -0.25) is 4.79 Å². The maximum Gasteiger partial charge on any atom is 0.246 e. The number of thiazole rings is 1. The molecule has 6 heteroatoms. The number of aryl methyl sites for hydroxylation is 2. The average Bonchev–Trinajstić information content (AvgIpc) is 3.26. The maximum atomic E-state index is 12.3. The molecule has 1 aromatic carbocycles. The highest BCUT2D eigenvalue weighted by molar-refractivity contribution is 7.09. The van der Waals surface area contributed by atoms with Gasteiger partial charge in [-0.2, -0.15) is 0 Å². The van der Waals surface area contributed by atoms with Gasteiger partial charge >= 0.3 is 0 Å². The van der Waals surface area contributed by atoms with Crippen LogP contribution >= 0.6 is 11.3 Å². The van der Waals surface area contributed by atoms with E-state index in [4.69, 9.17) is 9.15 Å². The third-order valence-corrected chi connectivity index (χ3v) is 4.72. The molecular weight excluding hydrogens is 360 g/mol. The number of carbonyl (C=O) groups excluding carboxylic acids is 1. The average molecular weight is 382 g/mol. The van der Waals surface area contributed by atoms with Crippen molar-refractivity contribution in [1.29, 1.82) is 0 Å². The van der Waals surface area contributed by atoms with E-state index < -0.39 is 0 Å². The lowest BCUT2D eigenvalue weighted by atomic mass is 10.2. The molecule has 0 saturated carbocycles. The SMILES string of the molecule is Cc1ccc(CN(C)C(=O)/C=C/c2cccc(OCc3csc(C)n3)c2)o1. The topological polar surface area (TPSA) is 55.6 Å². The number of aromatic nitrogens is 1. The van der Waals surface area contributed by atoms with Crippen molar-refractivity contribution in [1.82, 2.24) is 9.88 Å². The van der Waals surface area contributed by atoms with Gasteiger partial charge in [0.1, 0.15) is 23.9 Å². The van der Waals surface area contributed by atoms with Crippen LogP contribution in [0.25, 0.3) is 6.08 Å². The summed E-state index contributed by atoms with van der Waals surface area (Å²) in [4.78, 5) is 18.3. The van der Waals surface area contributed by atoms with Gasteiger partial charge in [0.25, 0.3) is 0 Å². The van der Waals surface area contributed by atoms with E-state index in [0.717, 1.165) is 33.5 Å². The van der Waals surface area contributed by atoms with E-state index in [-0.39, 0.29) is 5.91 Å². The Morgan fingerprint density at radius 1 is 1.30 bits per heavy atom. The Kier molecular flexibility index (Phi) is 6.08. The molecule has 1 amide bonds. The van der Waals surface area contributed by atoms with Crippen molar-refractivity contribution in [3.8, 4) is 5.75 Å². The molecular formula is C21H22N2O3S. The van der Waals surface area contributed by atoms with E-state index in [1.807, 2.05) is 55.6 Å². The number of nitrogens with zero attached hydrogens (tertiary/aromatic N) is 2. The summed E-state index contributed by atoms with van der Waals surface area (Å²) in [6.07, 6.45) is 3.34. The molecule has 3 aromatic rings. The van der Waals surface area contributed by atoms with Crippen LogP contribution in [0.4, 0.5) is 0 Å². The molecule has 0 bridgehead atoms. The lowest BCUT2D eigenvalue weighted by molar-refractivity contribution is -0.125. The first-order chi connectivity index (χ1) is 13.0. The molecule has 0 saturated heterocycles. The Labute approximate surface area is 162 Å². The highest BCUT2D eigenvalue weighted by Gasteiger charge is 2.08. The normalized spacial score (nSPS) is 11.1. The van der Waals surface area contributed by atoms with Crippen molar-refractivity contribution >= 4 is 23.3 Å². The van der Waals surface area contributed by atoms with Crippen LogP contribution in [0.1, 0.15) is 27.8 Å². The van der Waals surface area contributed by atoms with Crippen LogP contribution in [0.3, 0.4) is 0 Å². The summed E-state index contributed by atoms with van der Waals surface area (Å²) in [5, 5.41) is 3.02. The summed E-state index contributed by atoms with van der Waals surface area (Å²) in [5.41, 5.74) is 1.82. The molecule has 140 valence electrons. The molecule has 3 rings (SSSR count). The predicted molar refractivity (Wildman–Crippen MR) is 107 cm³/mol. The lowest BCUT2D eigenvalue weighted by Gasteiger charge is -2.13. The van der Waals surface area contributed by atoms with Gasteiger partial charge in [-0.25, -0.2) is 4.98 Å². The molecule has 0 aliphatic rings. The minimum Gasteiger partial charge on any atom is -0.487 e. The van der Waals surface area contributed by atoms with Gasteiger partial charge in [0.2, 0.25) is 5.91 Å². The fourth-order valence-electron chi connectivity index (χ4n) is 2.52. The number of hydrogen-bond acceptors (Lipinski definition) is 5. The monoisotopic (exact) mass is 382 g/mol. The first kappa shape index (κ1) is 18.9. The zero-order valence-corrected chi connectivity index (χ0v) is 16.5. The van der Waals surface area contributed by atoms with Crippen molar-refractivity contribution in [2.75, 3.05) is 7.05 Å². The second-order valence-corrected chi connectivity index (χ2v) is 7.32. The third-order valence-electron chi connectivity index (χ3n) is 3.89. The summed E-state index contributed by atoms with van der Waals surface area (Å²) >= 11 is 1.61. The summed E-state index contributed by atoms with van der Waals surface area (Å²) in [6, 6.07) is 11.4. The lowest BCUT2D eigenvalue weighted by Crippen LogP contribution is -2.23. The largest absolute Gasteiger partial charge is 0.487 e. The maximum absolute atomic E-state index is 12.3. The Balaban J connectivity index is 1.56. The molecule has 0 radical (unpaired) electrons. The third kappa shape index (κ3) is 5.56. The Morgan fingerprint density at radius 2 is 2.15 bits per heavy atom. The molecule has 27 heavy (non-hydrogen) atoms. The molecule has 0 aliphatic heterocycles. The molecule has 0 unspecified atom stereocenters. The summed E-state index contributed by atoms with van der Waals surface area (Å²) < 4.78 is 11.3. The summed E-state index contributed by atoms with van der Waals surface area (Å²) in [5.74, 6) is 2.26. The van der Waals surface area contributed by atoms with Crippen molar-refractivity contribution < 1.29 is 13.9 Å². The first-order valence-corrected chi connectivity index (χ1v) is 9.50. The Morgan fingerprint density at radius 3 is 2.85 bits per heavy atom. The van der Waals surface area contributed by atoms with Gasteiger partial charge in [0, 0.05) is 18.5 Å². The van der Waals surface area contributed by atoms with E-state index in [2.05, 4.69) is 4.98 Å². The number of hydrogen-bond donors (Lipinski definition) is 0. The molecule has 0 spiro atoms. The first-order valence-electron chi connectivity index (χ1n) is 8.62. The van der Waals surface area contributed by atoms with Crippen molar-refractivity contribution in [3.05, 3.63) is 75.6 Å². The van der Waals surface area contributed by atoms with Crippen LogP contribution in [-0.2, 0) is 17.9 Å². The Hall–Kier alpha value is -2.86. The predicted octanol–water partition coefficient (Wildman–Crippen LogP) is 4.60. The van der Waals surface area contributed by atoms with Crippen LogP contribution in [0.5, 0.6) is 5.75 Å². The fourth-order valence-corrected chi connectivity index (χ4v) is 3.11. The van der Waals surface area contributed by atoms with E-state index in [0.29, 0.717) is 13.2 Å². The van der Waals surface area contributed by atoms with Crippen LogP contribution < -0.4 is 4.74 Å². The van der Waals surface area contributed by atoms with Crippen LogP contribution in [0.15, 0.2) is 52.3 Å². The van der Waals surface area contributed by atoms with Gasteiger partial charge in [-0.05, 0) is 49.8 Å². The second-order valence-electron chi connectivity index (χ2n) is 6.26. The number of carbonyl (C=O) groups is 1. The minimum absolute atomic E-state index is 0.0895. The quantitative estimate of drug-likeness (QED) is 0.560. The number of ether oxygens (including phenoxy) is 1. The molecule has 5 nitrogen and oxygen atoms in total. The van der Waals surface area contributed by atoms with E-state index >= 15 is 0 Å². The molecule has 0 aliphatic carbocycles. The zero-order chi connectivity index (χ0) is 19.2. The van der Waals surface area contributed by atoms with Crippen molar-refractivity contribution in [3.63, 3.8) is 0 Å². The summed E-state index contributed by atoms with van der Waals surface area (Å²) in [6.45, 7) is 4.73. The van der Waals surface area contributed by atoms with Gasteiger partial charge in [-0.1, -0.05) is 12.1 Å². The number of amides is 1. The van der Waals surface area contributed by atoms with E-state index in [1.165, 1.54) is 0 Å². The highest BCUT2D eigenvalue weighted by Crippen LogP contribution is 2.17. The van der Waals surface area contributed by atoms with E-state index in [1.54, 1.807) is 35.4 Å². The zero-order valence-electron chi connectivity index (χ0n) is 15.6. The standard InChI is InChI=1S/C21H22N2O3S/c1-15-7-9-20(26-15)12-23(3)21(24)10-8-17-5-4-6-19(11-17)25-13-18-14-27-16(2)22-18/h4-11,14H,12-13H2,1-3H3/b10-8+.